The monoisotopic (exact) mass is 374 g/mol. The molecule has 0 radical (unpaired) electrons. The summed E-state index contributed by atoms with van der Waals surface area (Å²) in [6, 6.07) is 15.5. The molecular formula is C21H18N4O3. The molecule has 2 N–H and O–H groups in total. The molecule has 7 heteroatoms. The summed E-state index contributed by atoms with van der Waals surface area (Å²) < 4.78 is 1.86. The molecule has 0 fully saturated rings. The van der Waals surface area contributed by atoms with Gasteiger partial charge in [0.1, 0.15) is 5.69 Å². The smallest absolute Gasteiger partial charge is 0.404 e. The zero-order chi connectivity index (χ0) is 19.7. The molecule has 3 aromatic rings. The van der Waals surface area contributed by atoms with Gasteiger partial charge in [0, 0.05) is 37.0 Å². The maximum absolute atomic E-state index is 13.0. The molecule has 2 amide bonds. The van der Waals surface area contributed by atoms with Gasteiger partial charge in [0.15, 0.2) is 0 Å². The van der Waals surface area contributed by atoms with Crippen LogP contribution >= 0.6 is 0 Å². The van der Waals surface area contributed by atoms with Crippen LogP contribution in [0.4, 0.5) is 4.79 Å². The molecule has 3 heterocycles. The van der Waals surface area contributed by atoms with E-state index in [1.54, 1.807) is 17.2 Å². The topological polar surface area (TPSA) is 97.8 Å². The Kier molecular flexibility index (Phi) is 4.45. The zero-order valence-corrected chi connectivity index (χ0v) is 15.1. The first-order valence-electron chi connectivity index (χ1n) is 8.98. The highest BCUT2D eigenvalue weighted by molar-refractivity contribution is 6.03. The van der Waals surface area contributed by atoms with E-state index >= 15 is 0 Å². The molecule has 28 heavy (non-hydrogen) atoms. The summed E-state index contributed by atoms with van der Waals surface area (Å²) in [6.45, 7) is 1.24. The van der Waals surface area contributed by atoms with Crippen molar-refractivity contribution in [3.63, 3.8) is 0 Å². The average Bonchev–Trinajstić information content (AvgIpc) is 3.19. The number of aromatic nitrogens is 1. The van der Waals surface area contributed by atoms with E-state index in [9.17, 15) is 14.9 Å². The zero-order valence-electron chi connectivity index (χ0n) is 15.1. The third-order valence-electron chi connectivity index (χ3n) is 4.95. The maximum Gasteiger partial charge on any atom is 0.404 e. The summed E-state index contributed by atoms with van der Waals surface area (Å²) in [6.07, 6.45) is 1.25. The van der Waals surface area contributed by atoms with Gasteiger partial charge in [0.25, 0.3) is 5.91 Å². The number of amides is 2. The van der Waals surface area contributed by atoms with E-state index in [0.717, 1.165) is 22.2 Å². The molecule has 0 saturated carbocycles. The van der Waals surface area contributed by atoms with Crippen molar-refractivity contribution >= 4 is 17.5 Å². The first kappa shape index (κ1) is 17.6. The van der Waals surface area contributed by atoms with Crippen molar-refractivity contribution < 1.29 is 14.7 Å². The van der Waals surface area contributed by atoms with E-state index in [1.807, 2.05) is 40.8 Å². The van der Waals surface area contributed by atoms with E-state index in [2.05, 4.69) is 11.4 Å². The second kappa shape index (κ2) is 7.08. The molecule has 140 valence electrons. The third kappa shape index (κ3) is 2.95. The fourth-order valence-electron chi connectivity index (χ4n) is 3.75. The molecule has 0 unspecified atom stereocenters. The molecule has 4 rings (SSSR count). The number of carbonyl (C=O) groups is 2. The fourth-order valence-corrected chi connectivity index (χ4v) is 3.75. The first-order valence-corrected chi connectivity index (χ1v) is 8.98. The van der Waals surface area contributed by atoms with Crippen LogP contribution in [0.15, 0.2) is 48.7 Å². The number of nitrogens with zero attached hydrogens (tertiary/aromatic N) is 3. The Balaban J connectivity index is 1.74. The number of pyridine rings is 1. The van der Waals surface area contributed by atoms with Gasteiger partial charge < -0.3 is 19.7 Å². The highest BCUT2D eigenvalue weighted by Gasteiger charge is 2.34. The van der Waals surface area contributed by atoms with Crippen molar-refractivity contribution in [2.75, 3.05) is 13.1 Å². The van der Waals surface area contributed by atoms with Crippen molar-refractivity contribution in [3.05, 3.63) is 65.5 Å². The van der Waals surface area contributed by atoms with Crippen LogP contribution < -0.4 is 5.32 Å². The Labute approximate surface area is 161 Å². The van der Waals surface area contributed by atoms with Crippen molar-refractivity contribution in [3.8, 4) is 17.2 Å². The van der Waals surface area contributed by atoms with Crippen LogP contribution in [0.1, 0.15) is 28.0 Å². The quantitative estimate of drug-likeness (QED) is 0.671. The molecule has 2 aromatic heterocycles. The van der Waals surface area contributed by atoms with E-state index in [1.165, 1.54) is 0 Å². The van der Waals surface area contributed by atoms with Gasteiger partial charge in [-0.2, -0.15) is 5.26 Å². The Hall–Kier alpha value is -3.79. The number of hydrogen-bond acceptors (Lipinski definition) is 3. The summed E-state index contributed by atoms with van der Waals surface area (Å²) >= 11 is 0. The van der Waals surface area contributed by atoms with Crippen LogP contribution in [-0.2, 0) is 6.54 Å². The van der Waals surface area contributed by atoms with Gasteiger partial charge in [-0.3, -0.25) is 4.79 Å². The Morgan fingerprint density at radius 1 is 1.25 bits per heavy atom. The van der Waals surface area contributed by atoms with Crippen molar-refractivity contribution in [2.45, 2.75) is 13.0 Å². The number of rotatable bonds is 5. The number of fused-ring (bicyclic) bond motifs is 3. The lowest BCUT2D eigenvalue weighted by atomic mass is 10.0. The summed E-state index contributed by atoms with van der Waals surface area (Å²) in [5, 5.41) is 20.3. The lowest BCUT2D eigenvalue weighted by Crippen LogP contribution is -2.30. The predicted molar refractivity (Wildman–Crippen MR) is 103 cm³/mol. The minimum absolute atomic E-state index is 0.0767. The highest BCUT2D eigenvalue weighted by atomic mass is 16.4. The molecule has 1 aliphatic heterocycles. The minimum Gasteiger partial charge on any atom is -0.465 e. The highest BCUT2D eigenvalue weighted by Crippen LogP contribution is 2.38. The molecule has 0 atom stereocenters. The SMILES string of the molecule is N#Cc1ccn2c3c(c(-c4ccccc4)c2c1)CN(CCCNC(=O)O)C3=O. The molecular weight excluding hydrogens is 356 g/mol. The summed E-state index contributed by atoms with van der Waals surface area (Å²) in [5.74, 6) is -0.0767. The van der Waals surface area contributed by atoms with Crippen LogP contribution in [-0.4, -0.2) is 39.5 Å². The fraction of sp³-hybridized carbons (Fsp3) is 0.190. The van der Waals surface area contributed by atoms with Gasteiger partial charge in [0.2, 0.25) is 0 Å². The lowest BCUT2D eigenvalue weighted by molar-refractivity contribution is 0.0771. The lowest BCUT2D eigenvalue weighted by Gasteiger charge is -2.17. The average molecular weight is 374 g/mol. The number of benzene rings is 1. The van der Waals surface area contributed by atoms with Crippen molar-refractivity contribution in [2.24, 2.45) is 0 Å². The molecule has 1 aromatic carbocycles. The number of nitrogens with one attached hydrogen (secondary N) is 1. The van der Waals surface area contributed by atoms with E-state index in [0.29, 0.717) is 37.3 Å². The molecule has 0 aliphatic carbocycles. The van der Waals surface area contributed by atoms with E-state index in [-0.39, 0.29) is 5.91 Å². The summed E-state index contributed by atoms with van der Waals surface area (Å²) in [7, 11) is 0. The third-order valence-corrected chi connectivity index (χ3v) is 4.95. The van der Waals surface area contributed by atoms with E-state index < -0.39 is 6.09 Å². The number of carbonyl (C=O) groups excluding carboxylic acids is 1. The Morgan fingerprint density at radius 3 is 2.75 bits per heavy atom. The normalized spacial score (nSPS) is 12.8. The molecule has 0 saturated heterocycles. The van der Waals surface area contributed by atoms with Gasteiger partial charge in [-0.05, 0) is 24.1 Å². The first-order chi connectivity index (χ1) is 13.6. The number of carboxylic acid groups (broad SMARTS) is 1. The van der Waals surface area contributed by atoms with Gasteiger partial charge in [-0.15, -0.1) is 0 Å². The Morgan fingerprint density at radius 2 is 2.04 bits per heavy atom. The minimum atomic E-state index is -1.06. The van der Waals surface area contributed by atoms with Gasteiger partial charge in [-0.1, -0.05) is 30.3 Å². The largest absolute Gasteiger partial charge is 0.465 e. The summed E-state index contributed by atoms with van der Waals surface area (Å²) in [5.41, 5.74) is 4.91. The van der Waals surface area contributed by atoms with Crippen LogP contribution in [0.2, 0.25) is 0 Å². The molecule has 7 nitrogen and oxygen atoms in total. The van der Waals surface area contributed by atoms with Crippen LogP contribution in [0.25, 0.3) is 16.6 Å². The predicted octanol–water partition coefficient (Wildman–Crippen LogP) is 3.09. The van der Waals surface area contributed by atoms with Crippen LogP contribution in [0.3, 0.4) is 0 Å². The second-order valence-electron chi connectivity index (χ2n) is 6.66. The van der Waals surface area contributed by atoms with Gasteiger partial charge >= 0.3 is 6.09 Å². The van der Waals surface area contributed by atoms with Crippen LogP contribution in [0, 0.1) is 11.3 Å². The number of nitriles is 1. The maximum atomic E-state index is 13.0. The van der Waals surface area contributed by atoms with Crippen molar-refractivity contribution in [1.82, 2.24) is 14.6 Å². The van der Waals surface area contributed by atoms with Crippen LogP contribution in [0.5, 0.6) is 0 Å². The van der Waals surface area contributed by atoms with E-state index in [4.69, 9.17) is 5.11 Å². The Bertz CT molecular complexity index is 1110. The standard InChI is InChI=1S/C21H18N4O3/c22-12-14-7-10-25-17(11-14)18(15-5-2-1-3-6-15)16-13-24(20(26)19(16)25)9-4-8-23-21(27)28/h1-3,5-7,10-11,23H,4,8-9,13H2,(H,27,28). The molecule has 1 aliphatic rings. The molecule has 0 spiro atoms. The van der Waals surface area contributed by atoms with Gasteiger partial charge in [0.05, 0.1) is 17.1 Å². The summed E-state index contributed by atoms with van der Waals surface area (Å²) in [4.78, 5) is 25.4. The molecule has 0 bridgehead atoms. The number of hydrogen-bond donors (Lipinski definition) is 2. The van der Waals surface area contributed by atoms with Crippen molar-refractivity contribution in [1.29, 1.82) is 5.26 Å². The second-order valence-corrected chi connectivity index (χ2v) is 6.66. The van der Waals surface area contributed by atoms with Gasteiger partial charge in [-0.25, -0.2) is 4.79 Å².